The lowest BCUT2D eigenvalue weighted by molar-refractivity contribution is -0.119. The third-order valence-electron chi connectivity index (χ3n) is 2.95. The molecule has 104 valence electrons. The monoisotopic (exact) mass is 292 g/mol. The van der Waals surface area contributed by atoms with E-state index in [9.17, 15) is 26.4 Å². The zero-order valence-corrected chi connectivity index (χ0v) is 10.6. The Labute approximate surface area is 108 Å². The molecule has 0 bridgehead atoms. The fourth-order valence-corrected chi connectivity index (χ4v) is 2.43. The van der Waals surface area contributed by atoms with E-state index in [0.29, 0.717) is 5.56 Å². The molecular weight excluding hydrogens is 281 g/mol. The maximum absolute atomic E-state index is 12.3. The molecule has 1 fully saturated rings. The van der Waals surface area contributed by atoms with Crippen LogP contribution in [0.4, 0.5) is 13.2 Å². The molecule has 1 aliphatic carbocycles. The second-order valence-corrected chi connectivity index (χ2v) is 6.45. The molecule has 0 unspecified atom stereocenters. The van der Waals surface area contributed by atoms with Crippen molar-refractivity contribution in [3.8, 4) is 0 Å². The first-order valence-electron chi connectivity index (χ1n) is 5.65. The number of benzene rings is 1. The Hall–Kier alpha value is -1.37. The van der Waals surface area contributed by atoms with Crippen LogP contribution in [-0.4, -0.2) is 19.7 Å². The van der Waals surface area contributed by atoms with Crippen LogP contribution in [0.3, 0.4) is 0 Å². The van der Waals surface area contributed by atoms with Crippen molar-refractivity contribution < 1.29 is 26.4 Å². The number of hydrogen-bond acceptors (Lipinski definition) is 3. The molecule has 1 aromatic rings. The molecule has 2 rings (SSSR count). The van der Waals surface area contributed by atoms with Gasteiger partial charge < -0.3 is 0 Å². The van der Waals surface area contributed by atoms with Crippen LogP contribution < -0.4 is 0 Å². The van der Waals surface area contributed by atoms with Crippen molar-refractivity contribution in [3.63, 3.8) is 0 Å². The number of Topliss-reactive ketones (excluding diaryl/α,β-unsaturated/α-hetero) is 1. The van der Waals surface area contributed by atoms with Gasteiger partial charge in [0.1, 0.15) is 5.78 Å². The van der Waals surface area contributed by atoms with E-state index in [1.54, 1.807) is 0 Å². The van der Waals surface area contributed by atoms with Crippen LogP contribution in [0.25, 0.3) is 0 Å². The summed E-state index contributed by atoms with van der Waals surface area (Å²) in [6.07, 6.45) is 1.86. The number of carbonyl (C=O) groups excluding carboxylic acids is 1. The highest BCUT2D eigenvalue weighted by Crippen LogP contribution is 2.32. The molecule has 1 aliphatic rings. The number of alkyl halides is 3. The number of sulfone groups is 1. The first kappa shape index (κ1) is 14.0. The maximum Gasteiger partial charge on any atom is 0.501 e. The molecule has 1 saturated carbocycles. The Kier molecular flexibility index (Phi) is 3.42. The van der Waals surface area contributed by atoms with Crippen LogP contribution in [0, 0.1) is 5.92 Å². The summed E-state index contributed by atoms with van der Waals surface area (Å²) in [6, 6.07) is 4.27. The number of ketones is 1. The van der Waals surface area contributed by atoms with E-state index in [1.807, 2.05) is 0 Å². The van der Waals surface area contributed by atoms with Crippen LogP contribution in [-0.2, 0) is 21.1 Å². The van der Waals surface area contributed by atoms with Crippen LogP contribution in [0.5, 0.6) is 0 Å². The molecule has 3 nitrogen and oxygen atoms in total. The van der Waals surface area contributed by atoms with Gasteiger partial charge in [0.25, 0.3) is 9.84 Å². The summed E-state index contributed by atoms with van der Waals surface area (Å²) in [6.45, 7) is 0. The van der Waals surface area contributed by atoms with Gasteiger partial charge in [0, 0.05) is 12.3 Å². The van der Waals surface area contributed by atoms with Gasteiger partial charge in [-0.2, -0.15) is 13.2 Å². The maximum atomic E-state index is 12.3. The van der Waals surface area contributed by atoms with Crippen molar-refractivity contribution >= 4 is 15.6 Å². The molecule has 0 N–H and O–H groups in total. The average molecular weight is 292 g/mol. The minimum atomic E-state index is -5.31. The van der Waals surface area contributed by atoms with Crippen molar-refractivity contribution in [1.29, 1.82) is 0 Å². The quantitative estimate of drug-likeness (QED) is 0.856. The molecule has 0 aliphatic heterocycles. The number of carbonyl (C=O) groups is 1. The van der Waals surface area contributed by atoms with Crippen LogP contribution >= 0.6 is 0 Å². The van der Waals surface area contributed by atoms with Crippen LogP contribution in [0.15, 0.2) is 29.2 Å². The van der Waals surface area contributed by atoms with Crippen molar-refractivity contribution in [2.45, 2.75) is 29.7 Å². The Morgan fingerprint density at radius 3 is 2.11 bits per heavy atom. The van der Waals surface area contributed by atoms with Crippen molar-refractivity contribution in [3.05, 3.63) is 29.8 Å². The second-order valence-electron chi connectivity index (χ2n) is 4.51. The molecule has 0 aromatic heterocycles. The lowest BCUT2D eigenvalue weighted by Gasteiger charge is -2.08. The lowest BCUT2D eigenvalue weighted by Crippen LogP contribution is -2.23. The van der Waals surface area contributed by atoms with Crippen molar-refractivity contribution in [2.75, 3.05) is 0 Å². The van der Waals surface area contributed by atoms with Gasteiger partial charge in [0.05, 0.1) is 4.90 Å². The van der Waals surface area contributed by atoms with Gasteiger partial charge >= 0.3 is 5.51 Å². The summed E-state index contributed by atoms with van der Waals surface area (Å²) >= 11 is 0. The van der Waals surface area contributed by atoms with Gasteiger partial charge in [-0.15, -0.1) is 0 Å². The summed E-state index contributed by atoms with van der Waals surface area (Å²) in [5, 5.41) is 0. The van der Waals surface area contributed by atoms with E-state index in [-0.39, 0.29) is 18.1 Å². The predicted octanol–water partition coefficient (Wildman–Crippen LogP) is 2.50. The zero-order chi connectivity index (χ0) is 14.3. The smallest absolute Gasteiger partial charge is 0.299 e. The minimum Gasteiger partial charge on any atom is -0.299 e. The fraction of sp³-hybridized carbons (Fsp3) is 0.417. The highest BCUT2D eigenvalue weighted by atomic mass is 32.2. The first-order chi connectivity index (χ1) is 8.72. The molecule has 0 radical (unpaired) electrons. The standard InChI is InChI=1S/C12H11F3O3S/c13-12(14,15)19(17,18)10-5-1-8(2-6-10)7-11(16)9-3-4-9/h1-2,5-6,9H,3-4,7H2. The Morgan fingerprint density at radius 1 is 1.16 bits per heavy atom. The highest BCUT2D eigenvalue weighted by Gasteiger charge is 2.46. The number of hydrogen-bond donors (Lipinski definition) is 0. The normalized spacial score (nSPS) is 16.4. The van der Waals surface area contributed by atoms with E-state index in [0.717, 1.165) is 25.0 Å². The van der Waals surface area contributed by atoms with E-state index < -0.39 is 20.2 Å². The summed E-state index contributed by atoms with van der Waals surface area (Å²) < 4.78 is 59.1. The fourth-order valence-electron chi connectivity index (χ4n) is 1.67. The highest BCUT2D eigenvalue weighted by molar-refractivity contribution is 7.92. The van der Waals surface area contributed by atoms with Crippen LogP contribution in [0.1, 0.15) is 18.4 Å². The average Bonchev–Trinajstić information content (AvgIpc) is 3.11. The van der Waals surface area contributed by atoms with E-state index in [4.69, 9.17) is 0 Å². The van der Waals surface area contributed by atoms with E-state index >= 15 is 0 Å². The largest absolute Gasteiger partial charge is 0.501 e. The third-order valence-corrected chi connectivity index (χ3v) is 4.45. The zero-order valence-electron chi connectivity index (χ0n) is 9.77. The second kappa shape index (κ2) is 4.63. The molecule has 0 atom stereocenters. The van der Waals surface area contributed by atoms with Gasteiger partial charge in [-0.1, -0.05) is 12.1 Å². The molecule has 0 saturated heterocycles. The molecule has 1 aromatic carbocycles. The molecule has 7 heteroatoms. The topological polar surface area (TPSA) is 51.2 Å². The van der Waals surface area contributed by atoms with Gasteiger partial charge in [-0.05, 0) is 30.5 Å². The van der Waals surface area contributed by atoms with E-state index in [2.05, 4.69) is 0 Å². The van der Waals surface area contributed by atoms with Gasteiger partial charge in [0.2, 0.25) is 0 Å². The van der Waals surface area contributed by atoms with Crippen LogP contribution in [0.2, 0.25) is 0 Å². The third kappa shape index (κ3) is 2.97. The van der Waals surface area contributed by atoms with Gasteiger partial charge in [-0.3, -0.25) is 4.79 Å². The van der Waals surface area contributed by atoms with Gasteiger partial charge in [-0.25, -0.2) is 8.42 Å². The molecule has 0 spiro atoms. The summed E-state index contributed by atoms with van der Waals surface area (Å²) in [7, 11) is -5.31. The predicted molar refractivity (Wildman–Crippen MR) is 61.1 cm³/mol. The molecule has 19 heavy (non-hydrogen) atoms. The number of rotatable bonds is 4. The summed E-state index contributed by atoms with van der Waals surface area (Å²) in [5.41, 5.74) is -4.78. The number of halogens is 3. The van der Waals surface area contributed by atoms with Crippen molar-refractivity contribution in [1.82, 2.24) is 0 Å². The SMILES string of the molecule is O=C(Cc1ccc(S(=O)(=O)C(F)(F)F)cc1)C1CC1. The van der Waals surface area contributed by atoms with Crippen molar-refractivity contribution in [2.24, 2.45) is 5.92 Å². The Balaban J connectivity index is 2.16. The molecular formula is C12H11F3O3S. The lowest BCUT2D eigenvalue weighted by atomic mass is 10.1. The first-order valence-corrected chi connectivity index (χ1v) is 7.13. The Bertz CT molecular complexity index is 584. The molecule has 0 heterocycles. The summed E-state index contributed by atoms with van der Waals surface area (Å²) in [4.78, 5) is 10.7. The van der Waals surface area contributed by atoms with E-state index in [1.165, 1.54) is 12.1 Å². The molecule has 0 amide bonds. The summed E-state index contributed by atoms with van der Waals surface area (Å²) in [5.74, 6) is 0.116. The Morgan fingerprint density at radius 2 is 1.68 bits per heavy atom. The van der Waals surface area contributed by atoms with Gasteiger partial charge in [0.15, 0.2) is 0 Å². The minimum absolute atomic E-state index is 0.0476.